The smallest absolute Gasteiger partial charge is 0.335 e. The van der Waals surface area contributed by atoms with Gasteiger partial charge in [0.25, 0.3) is 10.1 Å². The molecular formula is C16H18ClN3O8S. The molecule has 29 heavy (non-hydrogen) atoms. The number of halogens is 1. The standard InChI is InChI=1S/C8H11ClN2O4S.C8H7NO4/c9-5-3-7(11)8(4-6(5)10)15-1-2-16(12,13)14;9-6-2-4(7(10)11)1-5(3-6)8(12)13/h3-4H,1-2,10-11H2,(H,12,13,14);1-3H,9H2,(H,10,11)(H,12,13). The Morgan fingerprint density at radius 1 is 0.931 bits per heavy atom. The number of benzene rings is 2. The van der Waals surface area contributed by atoms with E-state index in [9.17, 15) is 18.0 Å². The van der Waals surface area contributed by atoms with Gasteiger partial charge in [0.2, 0.25) is 0 Å². The Balaban J connectivity index is 0.000000296. The first kappa shape index (κ1) is 23.8. The number of hydrogen-bond donors (Lipinski definition) is 6. The minimum Gasteiger partial charge on any atom is -0.490 e. The van der Waals surface area contributed by atoms with E-state index in [1.54, 1.807) is 0 Å². The van der Waals surface area contributed by atoms with Gasteiger partial charge in [0.05, 0.1) is 27.5 Å². The molecule has 2 rings (SSSR count). The Morgan fingerprint density at radius 3 is 1.90 bits per heavy atom. The van der Waals surface area contributed by atoms with Crippen LogP contribution in [0.4, 0.5) is 17.1 Å². The molecular weight excluding hydrogens is 430 g/mol. The number of ether oxygens (including phenoxy) is 1. The molecule has 0 atom stereocenters. The summed E-state index contributed by atoms with van der Waals surface area (Å²) in [4.78, 5) is 21.0. The second kappa shape index (κ2) is 9.82. The van der Waals surface area contributed by atoms with E-state index in [4.69, 9.17) is 48.3 Å². The number of anilines is 3. The van der Waals surface area contributed by atoms with Crippen LogP contribution in [-0.4, -0.2) is 47.5 Å². The zero-order valence-electron chi connectivity index (χ0n) is 14.7. The van der Waals surface area contributed by atoms with Crippen LogP contribution >= 0.6 is 11.6 Å². The number of hydrogen-bond acceptors (Lipinski definition) is 8. The molecule has 0 aliphatic heterocycles. The molecule has 0 heterocycles. The summed E-state index contributed by atoms with van der Waals surface area (Å²) in [5.74, 6) is -2.69. The van der Waals surface area contributed by atoms with Crippen molar-refractivity contribution >= 4 is 50.7 Å². The Labute approximate surface area is 170 Å². The van der Waals surface area contributed by atoms with Crippen LogP contribution in [0.1, 0.15) is 20.7 Å². The molecule has 2 aromatic rings. The molecule has 0 fully saturated rings. The average Bonchev–Trinajstić information content (AvgIpc) is 2.58. The highest BCUT2D eigenvalue weighted by atomic mass is 35.5. The topological polar surface area (TPSA) is 216 Å². The fraction of sp³-hybridized carbons (Fsp3) is 0.125. The molecule has 2 aromatic carbocycles. The summed E-state index contributed by atoms with van der Waals surface area (Å²) in [5.41, 5.74) is 16.8. The molecule has 0 aliphatic rings. The molecule has 9 N–H and O–H groups in total. The third-order valence-corrected chi connectivity index (χ3v) is 4.19. The molecule has 0 saturated carbocycles. The van der Waals surface area contributed by atoms with Crippen LogP contribution in [0.5, 0.6) is 5.75 Å². The molecule has 0 bridgehead atoms. The highest BCUT2D eigenvalue weighted by molar-refractivity contribution is 7.85. The van der Waals surface area contributed by atoms with E-state index in [0.29, 0.717) is 5.02 Å². The maximum Gasteiger partial charge on any atom is 0.335 e. The van der Waals surface area contributed by atoms with Crippen LogP contribution < -0.4 is 21.9 Å². The van der Waals surface area contributed by atoms with Crippen LogP contribution in [0.3, 0.4) is 0 Å². The van der Waals surface area contributed by atoms with Crippen molar-refractivity contribution in [3.05, 3.63) is 46.5 Å². The van der Waals surface area contributed by atoms with Crippen LogP contribution in [-0.2, 0) is 10.1 Å². The van der Waals surface area contributed by atoms with Gasteiger partial charge in [-0.05, 0) is 24.3 Å². The second-order valence-electron chi connectivity index (χ2n) is 5.50. The third kappa shape index (κ3) is 8.13. The van der Waals surface area contributed by atoms with Gasteiger partial charge in [0.15, 0.2) is 0 Å². The number of carboxylic acid groups (broad SMARTS) is 2. The predicted molar refractivity (Wildman–Crippen MR) is 107 cm³/mol. The van der Waals surface area contributed by atoms with Gasteiger partial charge in [0, 0.05) is 11.8 Å². The summed E-state index contributed by atoms with van der Waals surface area (Å²) in [7, 11) is -4.05. The molecule has 0 aliphatic carbocycles. The summed E-state index contributed by atoms with van der Waals surface area (Å²) in [5, 5.41) is 17.4. The minimum absolute atomic E-state index is 0.123. The lowest BCUT2D eigenvalue weighted by Crippen LogP contribution is -2.13. The molecule has 0 unspecified atom stereocenters. The van der Waals surface area contributed by atoms with Crippen molar-refractivity contribution in [1.82, 2.24) is 0 Å². The van der Waals surface area contributed by atoms with Gasteiger partial charge in [0.1, 0.15) is 18.1 Å². The number of carbonyl (C=O) groups is 2. The zero-order valence-corrected chi connectivity index (χ0v) is 16.3. The summed E-state index contributed by atoms with van der Waals surface area (Å²) < 4.78 is 34.4. The lowest BCUT2D eigenvalue weighted by atomic mass is 10.1. The molecule has 0 spiro atoms. The Bertz CT molecular complexity index is 995. The highest BCUT2D eigenvalue weighted by Crippen LogP contribution is 2.30. The summed E-state index contributed by atoms with van der Waals surface area (Å²) >= 11 is 5.70. The van der Waals surface area contributed by atoms with E-state index < -0.39 is 27.8 Å². The van der Waals surface area contributed by atoms with Gasteiger partial charge in [-0.3, -0.25) is 4.55 Å². The molecule has 0 radical (unpaired) electrons. The van der Waals surface area contributed by atoms with Gasteiger partial charge < -0.3 is 32.2 Å². The van der Waals surface area contributed by atoms with Crippen LogP contribution in [0, 0.1) is 0 Å². The summed E-state index contributed by atoms with van der Waals surface area (Å²) in [6, 6.07) is 6.26. The third-order valence-electron chi connectivity index (χ3n) is 3.18. The van der Waals surface area contributed by atoms with Crippen molar-refractivity contribution in [3.8, 4) is 5.75 Å². The van der Waals surface area contributed by atoms with Crippen LogP contribution in [0.15, 0.2) is 30.3 Å². The molecule has 158 valence electrons. The Kier molecular flexibility index (Phi) is 8.06. The first-order valence-corrected chi connectivity index (χ1v) is 9.58. The van der Waals surface area contributed by atoms with Crippen molar-refractivity contribution in [3.63, 3.8) is 0 Å². The highest BCUT2D eigenvalue weighted by Gasteiger charge is 2.10. The average molecular weight is 448 g/mol. The fourth-order valence-corrected chi connectivity index (χ4v) is 2.33. The van der Waals surface area contributed by atoms with Gasteiger partial charge in [-0.15, -0.1) is 0 Å². The molecule has 0 aromatic heterocycles. The molecule has 0 amide bonds. The van der Waals surface area contributed by atoms with Gasteiger partial charge in [-0.2, -0.15) is 8.42 Å². The fourth-order valence-electron chi connectivity index (χ4n) is 1.87. The van der Waals surface area contributed by atoms with Gasteiger partial charge in [-0.25, -0.2) is 9.59 Å². The first-order chi connectivity index (χ1) is 13.3. The molecule has 0 saturated heterocycles. The maximum atomic E-state index is 10.5. The van der Waals surface area contributed by atoms with Gasteiger partial charge in [-0.1, -0.05) is 11.6 Å². The normalized spacial score (nSPS) is 10.6. The minimum atomic E-state index is -4.05. The molecule has 11 nitrogen and oxygen atoms in total. The van der Waals surface area contributed by atoms with E-state index in [2.05, 4.69) is 0 Å². The second-order valence-corrected chi connectivity index (χ2v) is 7.48. The Morgan fingerprint density at radius 2 is 1.45 bits per heavy atom. The summed E-state index contributed by atoms with van der Waals surface area (Å²) in [6.45, 7) is -0.218. The van der Waals surface area contributed by atoms with Crippen molar-refractivity contribution < 1.29 is 37.5 Å². The van der Waals surface area contributed by atoms with E-state index in [1.807, 2.05) is 0 Å². The van der Waals surface area contributed by atoms with E-state index in [0.717, 1.165) is 6.07 Å². The number of nitrogens with two attached hydrogens (primary N) is 3. The van der Waals surface area contributed by atoms with E-state index in [-0.39, 0.29) is 40.5 Å². The lowest BCUT2D eigenvalue weighted by Gasteiger charge is -2.09. The largest absolute Gasteiger partial charge is 0.490 e. The monoisotopic (exact) mass is 447 g/mol. The van der Waals surface area contributed by atoms with Crippen LogP contribution in [0.2, 0.25) is 5.02 Å². The quantitative estimate of drug-likeness (QED) is 0.275. The summed E-state index contributed by atoms with van der Waals surface area (Å²) in [6.07, 6.45) is 0. The number of nitrogen functional groups attached to an aromatic ring is 3. The van der Waals surface area contributed by atoms with Gasteiger partial charge >= 0.3 is 11.9 Å². The lowest BCUT2D eigenvalue weighted by molar-refractivity contribution is 0.0696. The number of carboxylic acids is 2. The van der Waals surface area contributed by atoms with Crippen molar-refractivity contribution in [2.24, 2.45) is 0 Å². The van der Waals surface area contributed by atoms with Crippen molar-refractivity contribution in [1.29, 1.82) is 0 Å². The zero-order chi connectivity index (χ0) is 22.4. The Hall–Kier alpha value is -3.22. The van der Waals surface area contributed by atoms with Crippen LogP contribution in [0.25, 0.3) is 0 Å². The van der Waals surface area contributed by atoms with Crippen molar-refractivity contribution in [2.45, 2.75) is 0 Å². The van der Waals surface area contributed by atoms with Crippen molar-refractivity contribution in [2.75, 3.05) is 29.6 Å². The van der Waals surface area contributed by atoms with E-state index >= 15 is 0 Å². The maximum absolute atomic E-state index is 10.5. The SMILES string of the molecule is Nc1cc(C(=O)O)cc(C(=O)O)c1.Nc1cc(OCCS(=O)(=O)O)c(N)cc1Cl. The number of aromatic carboxylic acids is 2. The molecule has 13 heteroatoms. The van der Waals surface area contributed by atoms with E-state index in [1.165, 1.54) is 24.3 Å². The first-order valence-electron chi connectivity index (χ1n) is 7.59. The predicted octanol–water partition coefficient (Wildman–Crippen LogP) is 1.44. The number of rotatable bonds is 6.